The van der Waals surface area contributed by atoms with Crippen LogP contribution in [-0.4, -0.2) is 61.5 Å². The van der Waals surface area contributed by atoms with Crippen LogP contribution in [0.2, 0.25) is 0 Å². The molecule has 0 radical (unpaired) electrons. The van der Waals surface area contributed by atoms with Gasteiger partial charge in [0, 0.05) is 17.8 Å². The summed E-state index contributed by atoms with van der Waals surface area (Å²) < 4.78 is 26.4. The number of carbonyl (C=O) groups is 1. The number of hydrogen-bond donors (Lipinski definition) is 1. The van der Waals surface area contributed by atoms with Gasteiger partial charge in [-0.3, -0.25) is 9.69 Å². The third-order valence-corrected chi connectivity index (χ3v) is 8.39. The number of carbonyl (C=O) groups excluding carboxylic acids is 1. The zero-order valence-electron chi connectivity index (χ0n) is 19.1. The first kappa shape index (κ1) is 23.2. The molecule has 6 nitrogen and oxygen atoms in total. The number of piperidine rings is 2. The van der Waals surface area contributed by atoms with Gasteiger partial charge >= 0.3 is 0 Å². The van der Waals surface area contributed by atoms with Gasteiger partial charge in [0.15, 0.2) is 0 Å². The fourth-order valence-electron chi connectivity index (χ4n) is 4.81. The molecule has 1 amide bonds. The van der Waals surface area contributed by atoms with Crippen molar-refractivity contribution in [2.45, 2.75) is 64.8 Å². The Labute approximate surface area is 182 Å². The van der Waals surface area contributed by atoms with E-state index < -0.39 is 10.0 Å². The second-order valence-electron chi connectivity index (χ2n) is 10.2. The van der Waals surface area contributed by atoms with Crippen molar-refractivity contribution in [3.8, 4) is 0 Å². The third kappa shape index (κ3) is 5.42. The second kappa shape index (κ2) is 8.60. The lowest BCUT2D eigenvalue weighted by Crippen LogP contribution is -2.58. The highest BCUT2D eigenvalue weighted by atomic mass is 32.2. The van der Waals surface area contributed by atoms with E-state index >= 15 is 0 Å². The number of nitrogens with zero attached hydrogens (tertiary/aromatic N) is 2. The van der Waals surface area contributed by atoms with Crippen LogP contribution in [0.4, 0.5) is 5.69 Å². The molecular weight excluding hydrogens is 398 g/mol. The number of likely N-dealkylation sites (tertiary alicyclic amines) is 1. The summed E-state index contributed by atoms with van der Waals surface area (Å²) in [5, 5.41) is 3.00. The van der Waals surface area contributed by atoms with Crippen LogP contribution in [0.25, 0.3) is 0 Å². The van der Waals surface area contributed by atoms with Crippen molar-refractivity contribution in [3.05, 3.63) is 29.8 Å². The Kier molecular flexibility index (Phi) is 6.65. The normalized spacial score (nSPS) is 22.3. The van der Waals surface area contributed by atoms with E-state index in [4.69, 9.17) is 0 Å². The number of benzene rings is 1. The number of rotatable bonds is 5. The van der Waals surface area contributed by atoms with Gasteiger partial charge in [0.2, 0.25) is 15.9 Å². The van der Waals surface area contributed by atoms with Crippen LogP contribution in [0.15, 0.2) is 24.3 Å². The summed E-state index contributed by atoms with van der Waals surface area (Å²) in [5.41, 5.74) is 1.81. The van der Waals surface area contributed by atoms with Crippen molar-refractivity contribution in [1.29, 1.82) is 0 Å². The third-order valence-electron chi connectivity index (χ3n) is 6.97. The molecule has 2 fully saturated rings. The monoisotopic (exact) mass is 435 g/mol. The summed E-state index contributed by atoms with van der Waals surface area (Å²) in [7, 11) is -3.23. The van der Waals surface area contributed by atoms with Crippen LogP contribution in [-0.2, 0) is 14.8 Å². The SMILES string of the molecule is CC(C)c1ccc(NC(=O)CN2CCC3(CC2)CCC(C)(C)N(S(C)(=O)=O)C3)cc1. The molecule has 0 aromatic heterocycles. The Morgan fingerprint density at radius 2 is 1.67 bits per heavy atom. The molecule has 1 spiro atoms. The molecule has 1 N–H and O–H groups in total. The minimum absolute atomic E-state index is 0.00536. The minimum Gasteiger partial charge on any atom is -0.325 e. The molecule has 1 aromatic carbocycles. The highest BCUT2D eigenvalue weighted by molar-refractivity contribution is 7.88. The molecule has 0 saturated carbocycles. The molecule has 1 aromatic rings. The fraction of sp³-hybridized carbons (Fsp3) is 0.696. The van der Waals surface area contributed by atoms with Gasteiger partial charge in [0.1, 0.15) is 0 Å². The van der Waals surface area contributed by atoms with E-state index in [1.807, 2.05) is 26.0 Å². The average Bonchev–Trinajstić information content (AvgIpc) is 2.65. The summed E-state index contributed by atoms with van der Waals surface area (Å²) in [6, 6.07) is 8.04. The standard InChI is InChI=1S/C23H37N3O3S/c1-18(2)19-6-8-20(9-7-19)24-21(27)16-25-14-12-23(13-15-25)11-10-22(3,4)26(17-23)30(5,28)29/h6-9,18H,10-17H2,1-5H3,(H,24,27). The Hall–Kier alpha value is -1.44. The number of anilines is 1. The van der Waals surface area contributed by atoms with Gasteiger partial charge in [-0.2, -0.15) is 4.31 Å². The zero-order valence-corrected chi connectivity index (χ0v) is 19.9. The molecule has 0 atom stereocenters. The first-order valence-corrected chi connectivity index (χ1v) is 12.9. The summed E-state index contributed by atoms with van der Waals surface area (Å²) in [4.78, 5) is 14.7. The Morgan fingerprint density at radius 3 is 2.20 bits per heavy atom. The van der Waals surface area contributed by atoms with Crippen molar-refractivity contribution < 1.29 is 13.2 Å². The van der Waals surface area contributed by atoms with Gasteiger partial charge in [-0.25, -0.2) is 8.42 Å². The quantitative estimate of drug-likeness (QED) is 0.766. The molecule has 0 aliphatic carbocycles. The Morgan fingerprint density at radius 1 is 1.07 bits per heavy atom. The Bertz CT molecular complexity index is 854. The molecule has 2 aliphatic rings. The van der Waals surface area contributed by atoms with Crippen molar-refractivity contribution in [1.82, 2.24) is 9.21 Å². The van der Waals surface area contributed by atoms with Gasteiger partial charge in [0.05, 0.1) is 12.8 Å². The maximum absolute atomic E-state index is 12.5. The molecule has 3 rings (SSSR count). The first-order chi connectivity index (χ1) is 13.9. The topological polar surface area (TPSA) is 69.7 Å². The smallest absolute Gasteiger partial charge is 0.238 e. The highest BCUT2D eigenvalue weighted by Gasteiger charge is 2.47. The first-order valence-electron chi connectivity index (χ1n) is 11.0. The summed E-state index contributed by atoms with van der Waals surface area (Å²) in [5.74, 6) is 0.477. The van der Waals surface area contributed by atoms with E-state index in [1.54, 1.807) is 4.31 Å². The molecule has 2 heterocycles. The molecule has 30 heavy (non-hydrogen) atoms. The summed E-state index contributed by atoms with van der Waals surface area (Å²) in [6.07, 6.45) is 5.12. The van der Waals surface area contributed by atoms with Gasteiger partial charge in [-0.15, -0.1) is 0 Å². The molecular formula is C23H37N3O3S. The fourth-order valence-corrected chi connectivity index (χ4v) is 6.31. The van der Waals surface area contributed by atoms with Crippen LogP contribution < -0.4 is 5.32 Å². The van der Waals surface area contributed by atoms with Crippen molar-refractivity contribution in [2.24, 2.45) is 5.41 Å². The number of amides is 1. The predicted molar refractivity (Wildman–Crippen MR) is 122 cm³/mol. The van der Waals surface area contributed by atoms with E-state index in [-0.39, 0.29) is 16.9 Å². The van der Waals surface area contributed by atoms with Crippen molar-refractivity contribution in [3.63, 3.8) is 0 Å². The highest BCUT2D eigenvalue weighted by Crippen LogP contribution is 2.45. The van der Waals surface area contributed by atoms with Crippen LogP contribution in [0.1, 0.15) is 64.9 Å². The van der Waals surface area contributed by atoms with Gasteiger partial charge in [-0.1, -0.05) is 26.0 Å². The molecule has 2 saturated heterocycles. The lowest BCUT2D eigenvalue weighted by molar-refractivity contribution is -0.118. The number of nitrogens with one attached hydrogen (secondary N) is 1. The molecule has 0 unspecified atom stereocenters. The maximum atomic E-state index is 12.5. The zero-order chi connectivity index (χ0) is 22.2. The average molecular weight is 436 g/mol. The van der Waals surface area contributed by atoms with Crippen LogP contribution in [0, 0.1) is 5.41 Å². The molecule has 168 valence electrons. The van der Waals surface area contributed by atoms with Crippen LogP contribution in [0.5, 0.6) is 0 Å². The minimum atomic E-state index is -3.23. The van der Waals surface area contributed by atoms with Crippen molar-refractivity contribution >= 4 is 21.6 Å². The second-order valence-corrected chi connectivity index (χ2v) is 12.1. The number of hydrogen-bond acceptors (Lipinski definition) is 4. The van der Waals surface area contributed by atoms with E-state index in [0.717, 1.165) is 44.5 Å². The van der Waals surface area contributed by atoms with Gasteiger partial charge in [0.25, 0.3) is 0 Å². The lowest BCUT2D eigenvalue weighted by atomic mass is 9.69. The molecule has 7 heteroatoms. The van der Waals surface area contributed by atoms with Crippen molar-refractivity contribution in [2.75, 3.05) is 37.8 Å². The summed E-state index contributed by atoms with van der Waals surface area (Å²) >= 11 is 0. The molecule has 0 bridgehead atoms. The molecule has 2 aliphatic heterocycles. The number of sulfonamides is 1. The van der Waals surface area contributed by atoms with Gasteiger partial charge < -0.3 is 5.32 Å². The van der Waals surface area contributed by atoms with Gasteiger partial charge in [-0.05, 0) is 81.6 Å². The van der Waals surface area contributed by atoms with E-state index in [9.17, 15) is 13.2 Å². The maximum Gasteiger partial charge on any atom is 0.238 e. The predicted octanol–water partition coefficient (Wildman–Crippen LogP) is 3.66. The van der Waals surface area contributed by atoms with E-state index in [0.29, 0.717) is 19.0 Å². The van der Waals surface area contributed by atoms with Crippen LogP contribution in [0.3, 0.4) is 0 Å². The largest absolute Gasteiger partial charge is 0.325 e. The lowest BCUT2D eigenvalue weighted by Gasteiger charge is -2.52. The van der Waals surface area contributed by atoms with Crippen LogP contribution >= 0.6 is 0 Å². The van der Waals surface area contributed by atoms with E-state index in [2.05, 4.69) is 36.2 Å². The summed E-state index contributed by atoms with van der Waals surface area (Å²) in [6.45, 7) is 11.0. The Balaban J connectivity index is 1.53. The van der Waals surface area contributed by atoms with E-state index in [1.165, 1.54) is 11.8 Å².